The van der Waals surface area contributed by atoms with Crippen molar-refractivity contribution >= 4 is 33.4 Å². The van der Waals surface area contributed by atoms with Gasteiger partial charge in [0.05, 0.1) is 4.90 Å². The largest absolute Gasteiger partial charge is 0.586 e. The zero-order valence-corrected chi connectivity index (χ0v) is 16.9. The Kier molecular flexibility index (Phi) is 6.30. The number of fused-ring (bicyclic) bond motifs is 1. The van der Waals surface area contributed by atoms with Crippen LogP contribution >= 0.6 is 11.8 Å². The van der Waals surface area contributed by atoms with Crippen LogP contribution in [0.25, 0.3) is 0 Å². The van der Waals surface area contributed by atoms with Crippen LogP contribution in [0.3, 0.4) is 0 Å². The average Bonchev–Trinajstić information content (AvgIpc) is 2.98. The summed E-state index contributed by atoms with van der Waals surface area (Å²) in [5.74, 6) is -0.470. The van der Waals surface area contributed by atoms with Gasteiger partial charge in [-0.2, -0.15) is 16.5 Å². The van der Waals surface area contributed by atoms with Gasteiger partial charge in [-0.05, 0) is 42.7 Å². The van der Waals surface area contributed by atoms with E-state index in [0.717, 1.165) is 0 Å². The Bertz CT molecular complexity index is 987. The van der Waals surface area contributed by atoms with Crippen molar-refractivity contribution in [2.24, 2.45) is 0 Å². The first kappa shape index (κ1) is 21.3. The van der Waals surface area contributed by atoms with Crippen molar-refractivity contribution in [3.8, 4) is 11.5 Å². The SMILES string of the molecule is CSCC[C@@H](NS(=O)(=O)c1ccccc1)C(=O)Nc1ccc2c(c1)OC(F)(F)O2. The fourth-order valence-corrected chi connectivity index (χ4v) is 4.31. The Morgan fingerprint density at radius 2 is 1.83 bits per heavy atom. The molecular weight excluding hydrogens is 426 g/mol. The molecule has 11 heteroatoms. The number of carbonyl (C=O) groups is 1. The summed E-state index contributed by atoms with van der Waals surface area (Å²) in [7, 11) is -3.92. The zero-order valence-electron chi connectivity index (χ0n) is 15.2. The molecule has 0 saturated heterocycles. The van der Waals surface area contributed by atoms with Crippen molar-refractivity contribution < 1.29 is 31.5 Å². The van der Waals surface area contributed by atoms with Crippen LogP contribution in [0, 0.1) is 0 Å². The second-order valence-electron chi connectivity index (χ2n) is 6.09. The molecule has 0 spiro atoms. The molecule has 0 saturated carbocycles. The number of rotatable bonds is 8. The highest BCUT2D eigenvalue weighted by molar-refractivity contribution is 7.98. The third kappa shape index (κ3) is 5.37. The lowest BCUT2D eigenvalue weighted by molar-refractivity contribution is -0.286. The molecule has 2 aromatic carbocycles. The second kappa shape index (κ2) is 8.56. The molecule has 2 N–H and O–H groups in total. The van der Waals surface area contributed by atoms with Gasteiger partial charge in [-0.15, -0.1) is 8.78 Å². The highest BCUT2D eigenvalue weighted by Gasteiger charge is 2.43. The van der Waals surface area contributed by atoms with Crippen molar-refractivity contribution in [3.63, 3.8) is 0 Å². The molecule has 3 rings (SSSR count). The first-order chi connectivity index (χ1) is 13.7. The Labute approximate surface area is 170 Å². The van der Waals surface area contributed by atoms with Crippen LogP contribution in [0.1, 0.15) is 6.42 Å². The quantitative estimate of drug-likeness (QED) is 0.650. The van der Waals surface area contributed by atoms with E-state index in [9.17, 15) is 22.0 Å². The van der Waals surface area contributed by atoms with E-state index in [1.807, 2.05) is 6.26 Å². The van der Waals surface area contributed by atoms with Crippen LogP contribution in [0.4, 0.5) is 14.5 Å². The number of halogens is 2. The zero-order chi connectivity index (χ0) is 21.1. The van der Waals surface area contributed by atoms with Crippen LogP contribution in [-0.4, -0.2) is 38.7 Å². The molecule has 0 radical (unpaired) electrons. The number of nitrogens with one attached hydrogen (secondary N) is 2. The Balaban J connectivity index is 1.75. The van der Waals surface area contributed by atoms with E-state index in [0.29, 0.717) is 5.75 Å². The first-order valence-electron chi connectivity index (χ1n) is 8.47. The summed E-state index contributed by atoms with van der Waals surface area (Å²) in [6, 6.07) is 10.4. The van der Waals surface area contributed by atoms with Crippen LogP contribution in [-0.2, 0) is 14.8 Å². The number of thioether (sulfide) groups is 1. The van der Waals surface area contributed by atoms with E-state index < -0.39 is 28.3 Å². The summed E-state index contributed by atoms with van der Waals surface area (Å²) in [5.41, 5.74) is 0.170. The lowest BCUT2D eigenvalue weighted by Gasteiger charge is -2.18. The van der Waals surface area contributed by atoms with Crippen molar-refractivity contribution in [1.29, 1.82) is 0 Å². The number of hydrogen-bond donors (Lipinski definition) is 2. The first-order valence-corrected chi connectivity index (χ1v) is 11.3. The van der Waals surface area contributed by atoms with Crippen LogP contribution in [0.15, 0.2) is 53.4 Å². The van der Waals surface area contributed by atoms with Gasteiger partial charge in [-0.1, -0.05) is 18.2 Å². The Hall–Kier alpha value is -2.37. The van der Waals surface area contributed by atoms with Crippen LogP contribution in [0.5, 0.6) is 11.5 Å². The number of hydrogen-bond acceptors (Lipinski definition) is 6. The summed E-state index contributed by atoms with van der Waals surface area (Å²) < 4.78 is 62.5. The van der Waals surface area contributed by atoms with Crippen LogP contribution < -0.4 is 19.5 Å². The minimum absolute atomic E-state index is 0.0345. The standard InChI is InChI=1S/C18H18F2N2O5S2/c1-28-10-9-14(22-29(24,25)13-5-3-2-4-6-13)17(23)21-12-7-8-15-16(11-12)27-18(19,20)26-15/h2-8,11,14,22H,9-10H2,1H3,(H,21,23)/t14-/m1/s1. The van der Waals surface area contributed by atoms with E-state index in [1.165, 1.54) is 42.1 Å². The minimum Gasteiger partial charge on any atom is -0.395 e. The number of alkyl halides is 2. The predicted octanol–water partition coefficient (Wildman–Crippen LogP) is 3.05. The number of carbonyl (C=O) groups excluding carboxylic acids is 1. The molecule has 0 bridgehead atoms. The number of sulfonamides is 1. The van der Waals surface area contributed by atoms with Crippen molar-refractivity contribution in [1.82, 2.24) is 4.72 Å². The molecule has 0 aromatic heterocycles. The highest BCUT2D eigenvalue weighted by Crippen LogP contribution is 2.42. The molecule has 0 fully saturated rings. The smallest absolute Gasteiger partial charge is 0.395 e. The van der Waals surface area contributed by atoms with Gasteiger partial charge in [-0.3, -0.25) is 4.79 Å². The van der Waals surface area contributed by atoms with Gasteiger partial charge >= 0.3 is 6.29 Å². The van der Waals surface area contributed by atoms with Gasteiger partial charge in [-0.25, -0.2) is 8.42 Å². The topological polar surface area (TPSA) is 93.7 Å². The molecule has 0 aliphatic carbocycles. The second-order valence-corrected chi connectivity index (χ2v) is 8.79. The van der Waals surface area contributed by atoms with Gasteiger partial charge in [0.25, 0.3) is 0 Å². The molecular formula is C18H18F2N2O5S2. The minimum atomic E-state index is -3.92. The number of amides is 1. The molecule has 0 unspecified atom stereocenters. The van der Waals surface area contributed by atoms with Crippen molar-refractivity contribution in [2.75, 3.05) is 17.3 Å². The fourth-order valence-electron chi connectivity index (χ4n) is 2.59. The Morgan fingerprint density at radius 1 is 1.14 bits per heavy atom. The molecule has 1 aliphatic rings. The molecule has 1 amide bonds. The van der Waals surface area contributed by atoms with E-state index in [2.05, 4.69) is 19.5 Å². The van der Waals surface area contributed by atoms with Crippen LogP contribution in [0.2, 0.25) is 0 Å². The third-order valence-corrected chi connectivity index (χ3v) is 6.08. The average molecular weight is 444 g/mol. The lowest BCUT2D eigenvalue weighted by Crippen LogP contribution is -2.44. The predicted molar refractivity (Wildman–Crippen MR) is 105 cm³/mol. The van der Waals surface area contributed by atoms with Gasteiger partial charge in [0.15, 0.2) is 11.5 Å². The summed E-state index contributed by atoms with van der Waals surface area (Å²) in [6.07, 6.45) is -1.70. The maximum atomic E-state index is 13.1. The van der Waals surface area contributed by atoms with E-state index >= 15 is 0 Å². The highest BCUT2D eigenvalue weighted by atomic mass is 32.2. The fraction of sp³-hybridized carbons (Fsp3) is 0.278. The number of anilines is 1. The number of ether oxygens (including phenoxy) is 2. The van der Waals surface area contributed by atoms with E-state index in [4.69, 9.17) is 0 Å². The monoisotopic (exact) mass is 444 g/mol. The molecule has 156 valence electrons. The van der Waals surface area contributed by atoms with Gasteiger partial charge in [0.2, 0.25) is 15.9 Å². The van der Waals surface area contributed by atoms with Gasteiger partial charge in [0, 0.05) is 11.8 Å². The maximum Gasteiger partial charge on any atom is 0.586 e. The number of benzene rings is 2. The molecule has 1 atom stereocenters. The maximum absolute atomic E-state index is 13.1. The molecule has 1 heterocycles. The molecule has 29 heavy (non-hydrogen) atoms. The molecule has 7 nitrogen and oxygen atoms in total. The normalized spacial score (nSPS) is 15.7. The summed E-state index contributed by atoms with van der Waals surface area (Å²) >= 11 is 1.46. The summed E-state index contributed by atoms with van der Waals surface area (Å²) in [5, 5.41) is 2.53. The molecule has 1 aliphatic heterocycles. The lowest BCUT2D eigenvalue weighted by atomic mass is 10.2. The van der Waals surface area contributed by atoms with Gasteiger partial charge in [0.1, 0.15) is 6.04 Å². The van der Waals surface area contributed by atoms with E-state index in [1.54, 1.807) is 18.2 Å². The Morgan fingerprint density at radius 3 is 2.52 bits per heavy atom. The van der Waals surface area contributed by atoms with Crippen molar-refractivity contribution in [3.05, 3.63) is 48.5 Å². The summed E-state index contributed by atoms with van der Waals surface area (Å²) in [4.78, 5) is 12.7. The van der Waals surface area contributed by atoms with Gasteiger partial charge < -0.3 is 14.8 Å². The molecule has 2 aromatic rings. The third-order valence-electron chi connectivity index (χ3n) is 3.95. The van der Waals surface area contributed by atoms with E-state index in [-0.39, 0.29) is 28.5 Å². The van der Waals surface area contributed by atoms with Crippen molar-refractivity contribution in [2.45, 2.75) is 23.7 Å². The summed E-state index contributed by atoms with van der Waals surface area (Å²) in [6.45, 7) is 0.